The standard InChI is InChI=1S/C71H75BN2S/c1-42-35-51-54(70(10,11)33-31-67(51,4)5)40-58(42)74-59-36-44(43-19-15-14-16-20-43)23-27-56(59)72-64-60(74)37-45-21-17-18-22-47(45)62(64)63-57(73-46-24-26-50-52(38-46)68(6,7)30-29-66(50,2)3)28-25-48-49-39-53-55(41-61(49)75-65(48)63)71(12,13)34-32-69(53,8)9/h14-28,35-41,72-73H,29-34H2,1-13H3. The zero-order chi connectivity index (χ0) is 52.4. The van der Waals surface area contributed by atoms with Gasteiger partial charge in [-0.05, 0) is 198 Å². The number of nitrogens with one attached hydrogen (secondary N) is 1. The molecule has 1 aromatic heterocycles. The van der Waals surface area contributed by atoms with Crippen molar-refractivity contribution in [3.05, 3.63) is 172 Å². The van der Waals surface area contributed by atoms with Crippen LogP contribution in [-0.2, 0) is 32.5 Å². The van der Waals surface area contributed by atoms with Crippen LogP contribution in [0, 0.1) is 6.92 Å². The van der Waals surface area contributed by atoms with E-state index in [9.17, 15) is 0 Å². The van der Waals surface area contributed by atoms with Crippen molar-refractivity contribution in [1.29, 1.82) is 0 Å². The number of rotatable bonds is 5. The molecule has 0 saturated heterocycles. The molecule has 2 nitrogen and oxygen atoms in total. The first-order valence-corrected chi connectivity index (χ1v) is 29.0. The summed E-state index contributed by atoms with van der Waals surface area (Å²) in [7, 11) is 0.818. The molecule has 0 bridgehead atoms. The maximum absolute atomic E-state index is 4.22. The van der Waals surface area contributed by atoms with Gasteiger partial charge in [-0.2, -0.15) is 0 Å². The quantitative estimate of drug-likeness (QED) is 0.173. The molecule has 378 valence electrons. The summed E-state index contributed by atoms with van der Waals surface area (Å²) in [6, 6.07) is 52.6. The van der Waals surface area contributed by atoms with Crippen molar-refractivity contribution in [1.82, 2.24) is 0 Å². The molecule has 0 atom stereocenters. The molecule has 8 aromatic carbocycles. The van der Waals surface area contributed by atoms with Crippen LogP contribution in [-0.4, -0.2) is 7.28 Å². The fourth-order valence-corrected chi connectivity index (χ4v) is 15.7. The third kappa shape index (κ3) is 7.61. The van der Waals surface area contributed by atoms with Crippen molar-refractivity contribution in [3.8, 4) is 22.3 Å². The lowest BCUT2D eigenvalue weighted by molar-refractivity contribution is 0.332. The maximum atomic E-state index is 4.22. The summed E-state index contributed by atoms with van der Waals surface area (Å²) >= 11 is 2.01. The van der Waals surface area contributed by atoms with Crippen LogP contribution in [0.4, 0.5) is 28.4 Å². The molecule has 1 aliphatic heterocycles. The first-order valence-electron chi connectivity index (χ1n) is 28.2. The van der Waals surface area contributed by atoms with E-state index in [4.69, 9.17) is 0 Å². The van der Waals surface area contributed by atoms with Crippen LogP contribution in [0.2, 0.25) is 0 Å². The summed E-state index contributed by atoms with van der Waals surface area (Å²) in [6.07, 6.45) is 7.13. The number of nitrogens with zero attached hydrogens (tertiary/aromatic N) is 1. The highest BCUT2D eigenvalue weighted by Crippen LogP contribution is 2.55. The minimum atomic E-state index is 0.0534. The summed E-state index contributed by atoms with van der Waals surface area (Å²) in [6.45, 7) is 31.9. The van der Waals surface area contributed by atoms with Crippen LogP contribution >= 0.6 is 11.3 Å². The Morgan fingerprint density at radius 1 is 0.440 bits per heavy atom. The van der Waals surface area contributed by atoms with Gasteiger partial charge in [0.1, 0.15) is 0 Å². The minimum Gasteiger partial charge on any atom is -0.355 e. The normalized spacial score (nSPS) is 19.1. The van der Waals surface area contributed by atoms with Gasteiger partial charge in [0, 0.05) is 54.2 Å². The van der Waals surface area contributed by atoms with Crippen molar-refractivity contribution in [3.63, 3.8) is 0 Å². The van der Waals surface area contributed by atoms with E-state index in [1.807, 2.05) is 11.3 Å². The molecule has 4 heteroatoms. The van der Waals surface area contributed by atoms with E-state index in [0.29, 0.717) is 0 Å². The SMILES string of the molecule is Cc1cc2c(cc1N1c3cc(-c4ccccc4)ccc3Bc3c1cc1ccccc1c3-c1c(Nc3ccc4c(c3)C(C)(C)CCC4(C)C)ccc3c1sc1cc4c(cc13)C(C)(C)CCC4(C)C)C(C)(C)CCC2(C)C. The number of hydrogen-bond donors (Lipinski definition) is 1. The number of benzene rings is 8. The van der Waals surface area contributed by atoms with Crippen LogP contribution in [0.15, 0.2) is 133 Å². The molecule has 13 rings (SSSR count). The summed E-state index contributed by atoms with van der Waals surface area (Å²) in [4.78, 5) is 2.69. The average molecular weight is 999 g/mol. The number of thiophene rings is 1. The van der Waals surface area contributed by atoms with E-state index in [1.54, 1.807) is 0 Å². The van der Waals surface area contributed by atoms with Crippen LogP contribution < -0.4 is 21.1 Å². The summed E-state index contributed by atoms with van der Waals surface area (Å²) in [5.41, 5.74) is 24.9. The number of fused-ring (bicyclic) bond motifs is 9. The molecular formula is C71H75BN2S. The molecular weight excluding hydrogens is 924 g/mol. The van der Waals surface area contributed by atoms with Gasteiger partial charge in [0.05, 0.1) is 0 Å². The molecule has 4 aliphatic rings. The van der Waals surface area contributed by atoms with Crippen molar-refractivity contribution < 1.29 is 0 Å². The maximum Gasteiger partial charge on any atom is 0.198 e. The highest BCUT2D eigenvalue weighted by atomic mass is 32.1. The predicted molar refractivity (Wildman–Crippen MR) is 329 cm³/mol. The Morgan fingerprint density at radius 2 is 1.03 bits per heavy atom. The zero-order valence-corrected chi connectivity index (χ0v) is 47.8. The van der Waals surface area contributed by atoms with E-state index in [2.05, 4.69) is 234 Å². The van der Waals surface area contributed by atoms with Crippen molar-refractivity contribution in [2.24, 2.45) is 0 Å². The van der Waals surface area contributed by atoms with Gasteiger partial charge < -0.3 is 10.2 Å². The minimum absolute atomic E-state index is 0.0534. The molecule has 0 spiro atoms. The molecule has 75 heavy (non-hydrogen) atoms. The van der Waals surface area contributed by atoms with Crippen LogP contribution in [0.3, 0.4) is 0 Å². The smallest absolute Gasteiger partial charge is 0.198 e. The molecule has 2 heterocycles. The third-order valence-electron chi connectivity index (χ3n) is 19.6. The Balaban J connectivity index is 1.12. The molecule has 0 unspecified atom stereocenters. The summed E-state index contributed by atoms with van der Waals surface area (Å²) in [5.74, 6) is 0. The monoisotopic (exact) mass is 999 g/mol. The fourth-order valence-electron chi connectivity index (χ4n) is 14.4. The summed E-state index contributed by atoms with van der Waals surface area (Å²) in [5, 5.41) is 9.51. The zero-order valence-electron chi connectivity index (χ0n) is 47.0. The Labute approximate surface area is 452 Å². The van der Waals surface area contributed by atoms with Crippen LogP contribution in [0.5, 0.6) is 0 Å². The van der Waals surface area contributed by atoms with Crippen LogP contribution in [0.1, 0.15) is 161 Å². The lowest BCUT2D eigenvalue weighted by Gasteiger charge is -2.44. The van der Waals surface area contributed by atoms with Gasteiger partial charge in [-0.15, -0.1) is 11.3 Å². The highest BCUT2D eigenvalue weighted by molar-refractivity contribution is 7.26. The number of aryl methyl sites for hydroxylation is 1. The van der Waals surface area contributed by atoms with E-state index in [-0.39, 0.29) is 32.5 Å². The average Bonchev–Trinajstić information content (AvgIpc) is 3.76. The molecule has 0 radical (unpaired) electrons. The molecule has 0 amide bonds. The van der Waals surface area contributed by atoms with E-state index in [0.717, 1.165) is 18.7 Å². The van der Waals surface area contributed by atoms with Gasteiger partial charge in [-0.1, -0.05) is 173 Å². The Hall–Kier alpha value is -6.10. The first kappa shape index (κ1) is 48.5. The molecule has 3 aliphatic carbocycles. The van der Waals surface area contributed by atoms with Crippen molar-refractivity contribution in [2.45, 2.75) is 161 Å². The van der Waals surface area contributed by atoms with Crippen molar-refractivity contribution >= 4 is 88.9 Å². The number of hydrogen-bond acceptors (Lipinski definition) is 3. The Morgan fingerprint density at radius 3 is 1.71 bits per heavy atom. The van der Waals surface area contributed by atoms with Crippen molar-refractivity contribution in [2.75, 3.05) is 10.2 Å². The lowest BCUT2D eigenvalue weighted by Crippen LogP contribution is -2.41. The second kappa shape index (κ2) is 16.5. The lowest BCUT2D eigenvalue weighted by atomic mass is 9.57. The highest BCUT2D eigenvalue weighted by Gasteiger charge is 2.42. The van der Waals surface area contributed by atoms with E-state index in [1.165, 1.54) is 159 Å². The van der Waals surface area contributed by atoms with E-state index >= 15 is 0 Å². The molecule has 1 N–H and O–H groups in total. The number of anilines is 5. The first-order chi connectivity index (χ1) is 35.5. The Bertz CT molecular complexity index is 3860. The van der Waals surface area contributed by atoms with Gasteiger partial charge in [-0.25, -0.2) is 0 Å². The second-order valence-corrected chi connectivity index (χ2v) is 28.5. The van der Waals surface area contributed by atoms with Gasteiger partial charge in [-0.3, -0.25) is 0 Å². The fraction of sp³-hybridized carbons (Fsp3) is 0.352. The van der Waals surface area contributed by atoms with Gasteiger partial charge in [0.15, 0.2) is 7.28 Å². The largest absolute Gasteiger partial charge is 0.355 e. The van der Waals surface area contributed by atoms with Gasteiger partial charge >= 0.3 is 0 Å². The molecule has 9 aromatic rings. The van der Waals surface area contributed by atoms with E-state index < -0.39 is 0 Å². The Kier molecular flexibility index (Phi) is 10.7. The van der Waals surface area contributed by atoms with Gasteiger partial charge in [0.2, 0.25) is 0 Å². The summed E-state index contributed by atoms with van der Waals surface area (Å²) < 4.78 is 2.74. The molecule has 0 saturated carbocycles. The topological polar surface area (TPSA) is 15.3 Å². The predicted octanol–water partition coefficient (Wildman–Crippen LogP) is 18.8. The third-order valence-corrected chi connectivity index (χ3v) is 20.8. The van der Waals surface area contributed by atoms with Crippen LogP contribution in [0.25, 0.3) is 53.2 Å². The second-order valence-electron chi connectivity index (χ2n) is 27.4. The van der Waals surface area contributed by atoms with Gasteiger partial charge in [0.25, 0.3) is 0 Å². The molecule has 0 fully saturated rings.